The second-order valence-corrected chi connectivity index (χ2v) is 10.1. The SMILES string of the molecule is CC(COCCC#Cc1ccc(OC2CC(OC(C)(C)C)C2)cn1)COC(C)(C)C. The maximum absolute atomic E-state index is 5.95. The van der Waals surface area contributed by atoms with E-state index in [9.17, 15) is 0 Å². The highest BCUT2D eigenvalue weighted by molar-refractivity contribution is 5.31. The predicted octanol–water partition coefficient (Wildman–Crippen LogP) is 5.02. The van der Waals surface area contributed by atoms with Gasteiger partial charge in [-0.25, -0.2) is 4.98 Å². The van der Waals surface area contributed by atoms with Gasteiger partial charge in [-0.1, -0.05) is 12.8 Å². The van der Waals surface area contributed by atoms with Crippen LogP contribution in [0.25, 0.3) is 0 Å². The van der Waals surface area contributed by atoms with Gasteiger partial charge in [-0.05, 0) is 59.6 Å². The van der Waals surface area contributed by atoms with Crippen molar-refractivity contribution in [3.05, 3.63) is 24.0 Å². The molecule has 1 aromatic rings. The summed E-state index contributed by atoms with van der Waals surface area (Å²) in [4.78, 5) is 4.37. The largest absolute Gasteiger partial charge is 0.489 e. The molecular formula is C25H39NO4. The second kappa shape index (κ2) is 11.1. The Hall–Kier alpha value is -1.61. The summed E-state index contributed by atoms with van der Waals surface area (Å²) in [6, 6.07) is 3.83. The molecule has 1 aliphatic carbocycles. The molecule has 1 aromatic heterocycles. The Labute approximate surface area is 182 Å². The van der Waals surface area contributed by atoms with E-state index in [1.807, 2.05) is 12.1 Å². The Balaban J connectivity index is 1.60. The first-order chi connectivity index (χ1) is 14.0. The standard InChI is InChI=1S/C25H39NO4/c1-19(18-28-24(2,3)4)17-27-13-9-8-10-20-11-12-21(16-26-20)29-22-14-23(15-22)30-25(5,6)7/h11-12,16,19,22-23H,9,13-15,17-18H2,1-7H3. The van der Waals surface area contributed by atoms with Crippen LogP contribution in [0, 0.1) is 17.8 Å². The van der Waals surface area contributed by atoms with Gasteiger partial charge in [-0.3, -0.25) is 0 Å². The van der Waals surface area contributed by atoms with Gasteiger partial charge < -0.3 is 18.9 Å². The fraction of sp³-hybridized carbons (Fsp3) is 0.720. The van der Waals surface area contributed by atoms with E-state index in [0.29, 0.717) is 38.3 Å². The first-order valence-electron chi connectivity index (χ1n) is 11.0. The molecule has 30 heavy (non-hydrogen) atoms. The molecule has 1 aliphatic rings. The van der Waals surface area contributed by atoms with Crippen LogP contribution in [-0.2, 0) is 14.2 Å². The van der Waals surface area contributed by atoms with Gasteiger partial charge in [-0.15, -0.1) is 0 Å². The zero-order valence-corrected chi connectivity index (χ0v) is 19.8. The summed E-state index contributed by atoms with van der Waals surface area (Å²) in [6.07, 6.45) is 4.80. The molecule has 0 amide bonds. The van der Waals surface area contributed by atoms with E-state index in [4.69, 9.17) is 18.9 Å². The third kappa shape index (κ3) is 10.4. The molecule has 2 rings (SSSR count). The lowest BCUT2D eigenvalue weighted by Crippen LogP contribution is -2.43. The van der Waals surface area contributed by atoms with E-state index >= 15 is 0 Å². The zero-order valence-electron chi connectivity index (χ0n) is 19.8. The number of ether oxygens (including phenoxy) is 4. The Morgan fingerprint density at radius 3 is 2.37 bits per heavy atom. The molecule has 1 atom stereocenters. The van der Waals surface area contributed by atoms with Crippen LogP contribution in [0.3, 0.4) is 0 Å². The lowest BCUT2D eigenvalue weighted by molar-refractivity contribution is -0.126. The minimum absolute atomic E-state index is 0.0958. The Morgan fingerprint density at radius 1 is 1.03 bits per heavy atom. The van der Waals surface area contributed by atoms with Gasteiger partial charge in [-0.2, -0.15) is 0 Å². The molecule has 0 aliphatic heterocycles. The summed E-state index contributed by atoms with van der Waals surface area (Å²) < 4.78 is 23.3. The predicted molar refractivity (Wildman–Crippen MR) is 120 cm³/mol. The minimum atomic E-state index is -0.103. The lowest BCUT2D eigenvalue weighted by Gasteiger charge is -2.39. The summed E-state index contributed by atoms with van der Waals surface area (Å²) in [6.45, 7) is 16.6. The maximum Gasteiger partial charge on any atom is 0.138 e. The van der Waals surface area contributed by atoms with Crippen LogP contribution in [0.1, 0.15) is 73.4 Å². The van der Waals surface area contributed by atoms with Crippen LogP contribution < -0.4 is 4.74 Å². The maximum atomic E-state index is 5.95. The monoisotopic (exact) mass is 417 g/mol. The summed E-state index contributed by atoms with van der Waals surface area (Å²) in [7, 11) is 0. The Kier molecular flexibility index (Phi) is 9.15. The van der Waals surface area contributed by atoms with Crippen molar-refractivity contribution in [2.75, 3.05) is 19.8 Å². The first-order valence-corrected chi connectivity index (χ1v) is 11.0. The molecule has 1 fully saturated rings. The van der Waals surface area contributed by atoms with Crippen molar-refractivity contribution >= 4 is 0 Å². The van der Waals surface area contributed by atoms with Crippen molar-refractivity contribution in [1.29, 1.82) is 0 Å². The lowest BCUT2D eigenvalue weighted by atomic mass is 9.91. The average Bonchev–Trinajstić information content (AvgIpc) is 2.60. The fourth-order valence-corrected chi connectivity index (χ4v) is 2.93. The topological polar surface area (TPSA) is 49.8 Å². The number of hydrogen-bond acceptors (Lipinski definition) is 5. The van der Waals surface area contributed by atoms with Gasteiger partial charge in [0, 0.05) is 25.2 Å². The molecule has 1 heterocycles. The summed E-state index contributed by atoms with van der Waals surface area (Å²) in [5.41, 5.74) is 0.548. The van der Waals surface area contributed by atoms with Crippen molar-refractivity contribution < 1.29 is 18.9 Å². The molecule has 0 bridgehead atoms. The molecule has 0 aromatic carbocycles. The smallest absolute Gasteiger partial charge is 0.138 e. The van der Waals surface area contributed by atoms with Gasteiger partial charge >= 0.3 is 0 Å². The summed E-state index contributed by atoms with van der Waals surface area (Å²) in [5, 5.41) is 0. The third-order valence-electron chi connectivity index (χ3n) is 4.40. The minimum Gasteiger partial charge on any atom is -0.489 e. The van der Waals surface area contributed by atoms with Gasteiger partial charge in [0.1, 0.15) is 17.5 Å². The van der Waals surface area contributed by atoms with Crippen LogP contribution in [0.4, 0.5) is 0 Å². The second-order valence-electron chi connectivity index (χ2n) is 10.1. The number of rotatable bonds is 9. The van der Waals surface area contributed by atoms with Crippen LogP contribution in [0.5, 0.6) is 5.75 Å². The molecule has 1 saturated carbocycles. The van der Waals surface area contributed by atoms with Gasteiger partial charge in [0.15, 0.2) is 0 Å². The summed E-state index contributed by atoms with van der Waals surface area (Å²) >= 11 is 0. The Morgan fingerprint density at radius 2 is 1.77 bits per heavy atom. The van der Waals surface area contributed by atoms with Crippen molar-refractivity contribution in [2.24, 2.45) is 5.92 Å². The fourth-order valence-electron chi connectivity index (χ4n) is 2.93. The van der Waals surface area contributed by atoms with Gasteiger partial charge in [0.05, 0.1) is 43.3 Å². The molecular weight excluding hydrogens is 378 g/mol. The quantitative estimate of drug-likeness (QED) is 0.417. The van der Waals surface area contributed by atoms with Crippen molar-refractivity contribution in [1.82, 2.24) is 4.98 Å². The van der Waals surface area contributed by atoms with E-state index < -0.39 is 0 Å². The van der Waals surface area contributed by atoms with Gasteiger partial charge in [0.2, 0.25) is 0 Å². The van der Waals surface area contributed by atoms with Crippen LogP contribution in [-0.4, -0.2) is 48.2 Å². The van der Waals surface area contributed by atoms with E-state index in [-0.39, 0.29) is 17.3 Å². The van der Waals surface area contributed by atoms with E-state index in [1.165, 1.54) is 0 Å². The highest BCUT2D eigenvalue weighted by Gasteiger charge is 2.34. The Bertz CT molecular complexity index is 685. The van der Waals surface area contributed by atoms with E-state index in [0.717, 1.165) is 24.3 Å². The van der Waals surface area contributed by atoms with E-state index in [2.05, 4.69) is 65.3 Å². The van der Waals surface area contributed by atoms with Crippen LogP contribution in [0.15, 0.2) is 18.3 Å². The number of aromatic nitrogens is 1. The van der Waals surface area contributed by atoms with Crippen molar-refractivity contribution in [2.45, 2.75) is 91.1 Å². The molecule has 0 N–H and O–H groups in total. The molecule has 5 nitrogen and oxygen atoms in total. The number of pyridine rings is 1. The summed E-state index contributed by atoms with van der Waals surface area (Å²) in [5.74, 6) is 7.35. The van der Waals surface area contributed by atoms with E-state index in [1.54, 1.807) is 6.20 Å². The average molecular weight is 418 g/mol. The normalized spacial score (nSPS) is 20.1. The molecule has 168 valence electrons. The van der Waals surface area contributed by atoms with Crippen LogP contribution >= 0.6 is 0 Å². The first kappa shape index (κ1) is 24.7. The highest BCUT2D eigenvalue weighted by atomic mass is 16.5. The number of hydrogen-bond donors (Lipinski definition) is 0. The molecule has 0 spiro atoms. The molecule has 5 heteroatoms. The molecule has 0 saturated heterocycles. The van der Waals surface area contributed by atoms with Gasteiger partial charge in [0.25, 0.3) is 0 Å². The third-order valence-corrected chi connectivity index (χ3v) is 4.40. The van der Waals surface area contributed by atoms with Crippen molar-refractivity contribution in [3.63, 3.8) is 0 Å². The number of nitrogens with zero attached hydrogens (tertiary/aromatic N) is 1. The molecule has 0 radical (unpaired) electrons. The zero-order chi connectivity index (χ0) is 22.2. The highest BCUT2D eigenvalue weighted by Crippen LogP contribution is 2.30. The molecule has 1 unspecified atom stereocenters. The van der Waals surface area contributed by atoms with Crippen LogP contribution in [0.2, 0.25) is 0 Å². The van der Waals surface area contributed by atoms with Crippen molar-refractivity contribution in [3.8, 4) is 17.6 Å².